The van der Waals surface area contributed by atoms with Gasteiger partial charge in [-0.2, -0.15) is 4.98 Å². The molecule has 7 heteroatoms. The van der Waals surface area contributed by atoms with Crippen molar-refractivity contribution in [3.05, 3.63) is 59.5 Å². The Bertz CT molecular complexity index is 935. The average Bonchev–Trinajstić information content (AvgIpc) is 3.15. The molecule has 0 saturated carbocycles. The van der Waals surface area contributed by atoms with E-state index in [-0.39, 0.29) is 12.5 Å². The van der Waals surface area contributed by atoms with Crippen molar-refractivity contribution in [2.75, 3.05) is 21.3 Å². The number of carbonyl (C=O) groups is 1. The third kappa shape index (κ3) is 4.08. The number of aromatic nitrogens is 2. The van der Waals surface area contributed by atoms with E-state index in [2.05, 4.69) is 10.1 Å². The Morgan fingerprint density at radius 3 is 2.48 bits per heavy atom. The van der Waals surface area contributed by atoms with Gasteiger partial charge in [-0.15, -0.1) is 0 Å². The van der Waals surface area contributed by atoms with Gasteiger partial charge in [0.2, 0.25) is 11.7 Å². The fourth-order valence-electron chi connectivity index (χ4n) is 2.68. The predicted molar refractivity (Wildman–Crippen MR) is 99.8 cm³/mol. The fraction of sp³-hybridized carbons (Fsp3) is 0.250. The van der Waals surface area contributed by atoms with Gasteiger partial charge in [0.25, 0.3) is 5.91 Å². The summed E-state index contributed by atoms with van der Waals surface area (Å²) in [5.41, 5.74) is 2.28. The molecule has 3 aromatic rings. The first kappa shape index (κ1) is 18.4. The Kier molecular flexibility index (Phi) is 5.40. The number of nitrogens with zero attached hydrogens (tertiary/aromatic N) is 3. The van der Waals surface area contributed by atoms with Crippen molar-refractivity contribution in [2.45, 2.75) is 13.5 Å². The van der Waals surface area contributed by atoms with E-state index in [9.17, 15) is 4.79 Å². The summed E-state index contributed by atoms with van der Waals surface area (Å²) >= 11 is 0. The zero-order chi connectivity index (χ0) is 19.4. The van der Waals surface area contributed by atoms with E-state index in [1.165, 1.54) is 4.90 Å². The Morgan fingerprint density at radius 1 is 1.11 bits per heavy atom. The van der Waals surface area contributed by atoms with Gasteiger partial charge < -0.3 is 18.9 Å². The van der Waals surface area contributed by atoms with Crippen molar-refractivity contribution in [1.82, 2.24) is 15.0 Å². The van der Waals surface area contributed by atoms with Gasteiger partial charge >= 0.3 is 0 Å². The standard InChI is InChI=1S/C20H21N3O4/c1-13-11-15(7-10-17(13)26-4)20(24)23(2)12-18-21-19(22-27-18)14-5-8-16(25-3)9-6-14/h5-11H,12H2,1-4H3. The van der Waals surface area contributed by atoms with Gasteiger partial charge in [0.15, 0.2) is 0 Å². The summed E-state index contributed by atoms with van der Waals surface area (Å²) in [5.74, 6) is 2.19. The summed E-state index contributed by atoms with van der Waals surface area (Å²) in [4.78, 5) is 18.5. The highest BCUT2D eigenvalue weighted by Gasteiger charge is 2.17. The molecule has 0 aliphatic rings. The van der Waals surface area contributed by atoms with E-state index in [1.54, 1.807) is 39.5 Å². The maximum absolute atomic E-state index is 12.6. The summed E-state index contributed by atoms with van der Waals surface area (Å²) in [6.07, 6.45) is 0. The molecule has 0 fully saturated rings. The zero-order valence-electron chi connectivity index (χ0n) is 15.7. The Morgan fingerprint density at radius 2 is 1.85 bits per heavy atom. The third-order valence-electron chi connectivity index (χ3n) is 4.18. The minimum atomic E-state index is -0.134. The van der Waals surface area contributed by atoms with Crippen molar-refractivity contribution >= 4 is 5.91 Å². The monoisotopic (exact) mass is 367 g/mol. The van der Waals surface area contributed by atoms with Crippen molar-refractivity contribution in [3.63, 3.8) is 0 Å². The van der Waals surface area contributed by atoms with Crippen LogP contribution in [0, 0.1) is 6.92 Å². The lowest BCUT2D eigenvalue weighted by molar-refractivity contribution is 0.0769. The summed E-state index contributed by atoms with van der Waals surface area (Å²) in [6, 6.07) is 12.7. The Hall–Kier alpha value is -3.35. The van der Waals surface area contributed by atoms with Crippen molar-refractivity contribution in [1.29, 1.82) is 0 Å². The van der Waals surface area contributed by atoms with Crippen LogP contribution in [0.15, 0.2) is 47.0 Å². The smallest absolute Gasteiger partial charge is 0.254 e. The zero-order valence-corrected chi connectivity index (χ0v) is 15.7. The Labute approximate surface area is 157 Å². The number of carbonyl (C=O) groups excluding carboxylic acids is 1. The largest absolute Gasteiger partial charge is 0.497 e. The van der Waals surface area contributed by atoms with E-state index >= 15 is 0 Å². The summed E-state index contributed by atoms with van der Waals surface area (Å²) in [7, 11) is 4.91. The molecule has 0 N–H and O–H groups in total. The fourth-order valence-corrected chi connectivity index (χ4v) is 2.68. The van der Waals surface area contributed by atoms with Crippen LogP contribution in [0.1, 0.15) is 21.8 Å². The molecule has 2 aromatic carbocycles. The molecule has 0 aliphatic heterocycles. The summed E-state index contributed by atoms with van der Waals surface area (Å²) in [5, 5.41) is 3.98. The van der Waals surface area contributed by atoms with E-state index in [1.807, 2.05) is 31.2 Å². The second-order valence-corrected chi connectivity index (χ2v) is 6.09. The summed E-state index contributed by atoms with van der Waals surface area (Å²) < 4.78 is 15.7. The highest BCUT2D eigenvalue weighted by molar-refractivity contribution is 5.94. The number of benzene rings is 2. The van der Waals surface area contributed by atoms with Gasteiger partial charge in [0.05, 0.1) is 20.8 Å². The molecule has 0 atom stereocenters. The number of rotatable bonds is 6. The lowest BCUT2D eigenvalue weighted by Crippen LogP contribution is -2.26. The topological polar surface area (TPSA) is 77.7 Å². The Balaban J connectivity index is 1.70. The lowest BCUT2D eigenvalue weighted by Gasteiger charge is -2.15. The highest BCUT2D eigenvalue weighted by Crippen LogP contribution is 2.21. The maximum atomic E-state index is 12.6. The molecule has 0 bridgehead atoms. The van der Waals surface area contributed by atoms with Crippen molar-refractivity contribution < 1.29 is 18.8 Å². The minimum absolute atomic E-state index is 0.134. The van der Waals surface area contributed by atoms with E-state index < -0.39 is 0 Å². The van der Waals surface area contributed by atoms with Gasteiger partial charge in [-0.05, 0) is 55.0 Å². The van der Waals surface area contributed by atoms with Crippen molar-refractivity contribution in [3.8, 4) is 22.9 Å². The van der Waals surface area contributed by atoms with Crippen molar-refractivity contribution in [2.24, 2.45) is 0 Å². The first-order chi connectivity index (χ1) is 13.0. The molecule has 140 valence electrons. The number of hydrogen-bond acceptors (Lipinski definition) is 6. The molecule has 0 saturated heterocycles. The van der Waals surface area contributed by atoms with Gasteiger partial charge in [-0.3, -0.25) is 4.79 Å². The first-order valence-corrected chi connectivity index (χ1v) is 8.39. The molecule has 1 aromatic heterocycles. The van der Waals surface area contributed by atoms with E-state index in [4.69, 9.17) is 14.0 Å². The molecule has 27 heavy (non-hydrogen) atoms. The van der Waals surface area contributed by atoms with E-state index in [0.717, 1.165) is 22.6 Å². The SMILES string of the molecule is COc1ccc(-c2noc(CN(C)C(=O)c3ccc(OC)c(C)c3)n2)cc1. The molecular weight excluding hydrogens is 346 g/mol. The average molecular weight is 367 g/mol. The van der Waals surface area contributed by atoms with Gasteiger partial charge in [-0.25, -0.2) is 0 Å². The van der Waals surface area contributed by atoms with Crippen LogP contribution < -0.4 is 9.47 Å². The van der Waals surface area contributed by atoms with Crippen LogP contribution in [0.3, 0.4) is 0 Å². The predicted octanol–water partition coefficient (Wildman–Crippen LogP) is 3.33. The second kappa shape index (κ2) is 7.90. The van der Waals surface area contributed by atoms with Crippen LogP contribution in [0.5, 0.6) is 11.5 Å². The molecule has 0 spiro atoms. The summed E-state index contributed by atoms with van der Waals surface area (Å²) in [6.45, 7) is 2.11. The van der Waals surface area contributed by atoms with E-state index in [0.29, 0.717) is 17.3 Å². The number of amides is 1. The molecule has 3 rings (SSSR count). The van der Waals surface area contributed by atoms with Crippen LogP contribution in [-0.2, 0) is 6.54 Å². The normalized spacial score (nSPS) is 10.5. The van der Waals surface area contributed by atoms with Crippen LogP contribution in [-0.4, -0.2) is 42.2 Å². The number of aryl methyl sites for hydroxylation is 1. The van der Waals surface area contributed by atoms with Gasteiger partial charge in [0, 0.05) is 18.2 Å². The van der Waals surface area contributed by atoms with Crippen LogP contribution in [0.2, 0.25) is 0 Å². The quantitative estimate of drug-likeness (QED) is 0.665. The molecule has 0 unspecified atom stereocenters. The molecule has 1 heterocycles. The van der Waals surface area contributed by atoms with Gasteiger partial charge in [0.1, 0.15) is 11.5 Å². The van der Waals surface area contributed by atoms with Crippen LogP contribution in [0.4, 0.5) is 0 Å². The second-order valence-electron chi connectivity index (χ2n) is 6.09. The van der Waals surface area contributed by atoms with Crippen LogP contribution in [0.25, 0.3) is 11.4 Å². The minimum Gasteiger partial charge on any atom is -0.497 e. The third-order valence-corrected chi connectivity index (χ3v) is 4.18. The first-order valence-electron chi connectivity index (χ1n) is 8.39. The number of methoxy groups -OCH3 is 2. The molecule has 7 nitrogen and oxygen atoms in total. The number of ether oxygens (including phenoxy) is 2. The maximum Gasteiger partial charge on any atom is 0.254 e. The molecule has 0 aliphatic carbocycles. The van der Waals surface area contributed by atoms with Gasteiger partial charge in [-0.1, -0.05) is 5.16 Å². The molecule has 0 radical (unpaired) electrons. The highest BCUT2D eigenvalue weighted by atomic mass is 16.5. The van der Waals surface area contributed by atoms with Crippen LogP contribution >= 0.6 is 0 Å². The lowest BCUT2D eigenvalue weighted by atomic mass is 10.1. The molecule has 1 amide bonds. The number of hydrogen-bond donors (Lipinski definition) is 0. The molecular formula is C20H21N3O4.